The summed E-state index contributed by atoms with van der Waals surface area (Å²) in [5.41, 5.74) is 10.6. The highest BCUT2D eigenvalue weighted by molar-refractivity contribution is 5.89. The maximum Gasteiger partial charge on any atom is 0.242 e. The average molecular weight is 463 g/mol. The van der Waals surface area contributed by atoms with Crippen LogP contribution in [0.3, 0.4) is 0 Å². The molecule has 1 saturated heterocycles. The molecule has 1 rings (SSSR count). The standard InChI is InChI=1S/C20H38N4O8/c1-11(21)18(29)24-13(7-8-14(22)25)19(30)23-9-5-3-4-6-10-31-20-17(28)16(27)15(26)12(2)32-20/h11-13,15-17,20,26-28H,3-10,21H2,1-2H3,(H2,22,25)(H,23,30)(H,24,29)/t11-,12?,13-,15?,16?,17?,20?/m0/s1. The van der Waals surface area contributed by atoms with E-state index in [1.807, 2.05) is 0 Å². The third-order valence-electron chi connectivity index (χ3n) is 5.19. The Morgan fingerprint density at radius 3 is 2.31 bits per heavy atom. The highest BCUT2D eigenvalue weighted by Crippen LogP contribution is 2.22. The average Bonchev–Trinajstić information content (AvgIpc) is 2.74. The first kappa shape index (κ1) is 28.2. The molecule has 12 nitrogen and oxygen atoms in total. The van der Waals surface area contributed by atoms with Gasteiger partial charge in [-0.2, -0.15) is 0 Å². The largest absolute Gasteiger partial charge is 0.388 e. The van der Waals surface area contributed by atoms with Crippen molar-refractivity contribution in [3.05, 3.63) is 0 Å². The fraction of sp³-hybridized carbons (Fsp3) is 0.850. The van der Waals surface area contributed by atoms with E-state index < -0.39 is 60.5 Å². The summed E-state index contributed by atoms with van der Waals surface area (Å²) in [6.45, 7) is 3.79. The Hall–Kier alpha value is -1.83. The monoisotopic (exact) mass is 462 g/mol. The van der Waals surface area contributed by atoms with E-state index in [1.54, 1.807) is 6.92 Å². The molecule has 0 aliphatic carbocycles. The molecule has 32 heavy (non-hydrogen) atoms. The van der Waals surface area contributed by atoms with E-state index in [1.165, 1.54) is 6.92 Å². The molecule has 5 unspecified atom stereocenters. The van der Waals surface area contributed by atoms with Crippen molar-refractivity contribution in [2.45, 2.75) is 95.2 Å². The maximum atomic E-state index is 12.3. The molecule has 1 aliphatic heterocycles. The molecule has 0 spiro atoms. The lowest BCUT2D eigenvalue weighted by Crippen LogP contribution is -2.57. The van der Waals surface area contributed by atoms with Gasteiger partial charge in [0, 0.05) is 19.6 Å². The van der Waals surface area contributed by atoms with Crippen LogP contribution in [0.1, 0.15) is 52.4 Å². The van der Waals surface area contributed by atoms with Crippen LogP contribution >= 0.6 is 0 Å². The number of carbonyl (C=O) groups excluding carboxylic acids is 3. The van der Waals surface area contributed by atoms with Crippen LogP contribution in [0.2, 0.25) is 0 Å². The van der Waals surface area contributed by atoms with Crippen molar-refractivity contribution in [3.63, 3.8) is 0 Å². The molecule has 0 aromatic rings. The quantitative estimate of drug-likeness (QED) is 0.137. The first-order valence-corrected chi connectivity index (χ1v) is 11.0. The molecule has 9 N–H and O–H groups in total. The highest BCUT2D eigenvalue weighted by Gasteiger charge is 2.42. The molecule has 0 aromatic heterocycles. The summed E-state index contributed by atoms with van der Waals surface area (Å²) < 4.78 is 10.8. The van der Waals surface area contributed by atoms with E-state index in [9.17, 15) is 29.7 Å². The summed E-state index contributed by atoms with van der Waals surface area (Å²) in [4.78, 5) is 35.1. The fourth-order valence-corrected chi connectivity index (χ4v) is 3.12. The minimum atomic E-state index is -1.32. The molecule has 0 radical (unpaired) electrons. The summed E-state index contributed by atoms with van der Waals surface area (Å²) in [6.07, 6.45) is -2.42. The Labute approximate surface area is 188 Å². The van der Waals surface area contributed by atoms with E-state index in [0.29, 0.717) is 26.0 Å². The predicted octanol–water partition coefficient (Wildman–Crippen LogP) is -2.40. The summed E-state index contributed by atoms with van der Waals surface area (Å²) in [6, 6.07) is -1.66. The molecular weight excluding hydrogens is 424 g/mol. The van der Waals surface area contributed by atoms with Crippen LogP contribution in [0.5, 0.6) is 0 Å². The third kappa shape index (κ3) is 9.76. The highest BCUT2D eigenvalue weighted by atomic mass is 16.7. The summed E-state index contributed by atoms with van der Waals surface area (Å²) in [5.74, 6) is -1.45. The Balaban J connectivity index is 2.23. The lowest BCUT2D eigenvalue weighted by atomic mass is 10.0. The van der Waals surface area contributed by atoms with Gasteiger partial charge in [-0.1, -0.05) is 12.8 Å². The molecule has 186 valence electrons. The van der Waals surface area contributed by atoms with E-state index in [0.717, 1.165) is 12.8 Å². The molecule has 12 heteroatoms. The third-order valence-corrected chi connectivity index (χ3v) is 5.19. The van der Waals surface area contributed by atoms with Crippen LogP contribution < -0.4 is 22.1 Å². The van der Waals surface area contributed by atoms with Crippen LogP contribution in [0.15, 0.2) is 0 Å². The number of aliphatic hydroxyl groups is 3. The molecule has 0 bridgehead atoms. The van der Waals surface area contributed by atoms with Gasteiger partial charge in [-0.05, 0) is 33.1 Å². The molecule has 3 amide bonds. The molecule has 7 atom stereocenters. The van der Waals surface area contributed by atoms with Gasteiger partial charge in [-0.25, -0.2) is 0 Å². The first-order valence-electron chi connectivity index (χ1n) is 11.0. The van der Waals surface area contributed by atoms with Crippen LogP contribution in [-0.4, -0.2) is 89.0 Å². The van der Waals surface area contributed by atoms with Crippen LogP contribution in [0.25, 0.3) is 0 Å². The van der Waals surface area contributed by atoms with Crippen molar-refractivity contribution in [1.29, 1.82) is 0 Å². The normalized spacial score (nSPS) is 27.4. The van der Waals surface area contributed by atoms with Gasteiger partial charge in [-0.15, -0.1) is 0 Å². The fourth-order valence-electron chi connectivity index (χ4n) is 3.12. The Morgan fingerprint density at radius 1 is 1.03 bits per heavy atom. The Morgan fingerprint density at radius 2 is 1.69 bits per heavy atom. The van der Waals surface area contributed by atoms with E-state index in [4.69, 9.17) is 20.9 Å². The van der Waals surface area contributed by atoms with E-state index in [-0.39, 0.29) is 12.8 Å². The van der Waals surface area contributed by atoms with Gasteiger partial charge in [-0.3, -0.25) is 14.4 Å². The zero-order valence-corrected chi connectivity index (χ0v) is 18.7. The van der Waals surface area contributed by atoms with E-state index in [2.05, 4.69) is 10.6 Å². The predicted molar refractivity (Wildman–Crippen MR) is 114 cm³/mol. The number of hydrogen-bond donors (Lipinski definition) is 7. The van der Waals surface area contributed by atoms with Gasteiger partial charge in [0.05, 0.1) is 12.1 Å². The minimum absolute atomic E-state index is 0.0362. The number of rotatable bonds is 14. The number of carbonyl (C=O) groups is 3. The summed E-state index contributed by atoms with van der Waals surface area (Å²) >= 11 is 0. The van der Waals surface area contributed by atoms with Crippen molar-refractivity contribution in [1.82, 2.24) is 10.6 Å². The van der Waals surface area contributed by atoms with Crippen molar-refractivity contribution in [3.8, 4) is 0 Å². The minimum Gasteiger partial charge on any atom is -0.388 e. The second kappa shape index (κ2) is 14.3. The zero-order chi connectivity index (χ0) is 24.3. The summed E-state index contributed by atoms with van der Waals surface area (Å²) in [5, 5.41) is 34.6. The van der Waals surface area contributed by atoms with Gasteiger partial charge in [0.1, 0.15) is 24.4 Å². The van der Waals surface area contributed by atoms with Crippen molar-refractivity contribution < 1.29 is 39.2 Å². The van der Waals surface area contributed by atoms with Gasteiger partial charge < -0.3 is 46.9 Å². The topological polar surface area (TPSA) is 206 Å². The van der Waals surface area contributed by atoms with Gasteiger partial charge >= 0.3 is 0 Å². The van der Waals surface area contributed by atoms with Crippen LogP contribution in [-0.2, 0) is 23.9 Å². The van der Waals surface area contributed by atoms with Crippen molar-refractivity contribution in [2.75, 3.05) is 13.2 Å². The second-order valence-corrected chi connectivity index (χ2v) is 8.11. The SMILES string of the molecule is CC1OC(OCCCCCCNC(=O)[C@H](CCC(N)=O)NC(=O)[C@H](C)N)C(O)C(O)C1O. The number of unbranched alkanes of at least 4 members (excludes halogenated alkanes) is 3. The first-order chi connectivity index (χ1) is 15.0. The Kier molecular flexibility index (Phi) is 12.6. The van der Waals surface area contributed by atoms with Gasteiger partial charge in [0.2, 0.25) is 17.7 Å². The maximum absolute atomic E-state index is 12.3. The number of hydrogen-bond acceptors (Lipinski definition) is 9. The number of primary amides is 1. The number of ether oxygens (including phenoxy) is 2. The molecule has 1 aliphatic rings. The van der Waals surface area contributed by atoms with Gasteiger partial charge in [0.15, 0.2) is 6.29 Å². The number of nitrogens with one attached hydrogen (secondary N) is 2. The number of aliphatic hydroxyl groups excluding tert-OH is 3. The smallest absolute Gasteiger partial charge is 0.242 e. The number of amides is 3. The zero-order valence-electron chi connectivity index (χ0n) is 18.7. The molecule has 0 aromatic carbocycles. The van der Waals surface area contributed by atoms with Gasteiger partial charge in [0.25, 0.3) is 0 Å². The van der Waals surface area contributed by atoms with Crippen molar-refractivity contribution in [2.24, 2.45) is 11.5 Å². The number of nitrogens with two attached hydrogens (primary N) is 2. The molecule has 0 saturated carbocycles. The lowest BCUT2D eigenvalue weighted by molar-refractivity contribution is -0.293. The second-order valence-electron chi connectivity index (χ2n) is 8.11. The van der Waals surface area contributed by atoms with E-state index >= 15 is 0 Å². The van der Waals surface area contributed by atoms with Crippen LogP contribution in [0.4, 0.5) is 0 Å². The Bertz CT molecular complexity index is 606. The molecule has 1 heterocycles. The lowest BCUT2D eigenvalue weighted by Gasteiger charge is -2.38. The van der Waals surface area contributed by atoms with Crippen molar-refractivity contribution >= 4 is 17.7 Å². The molecular formula is C20H38N4O8. The molecule has 1 fully saturated rings. The van der Waals surface area contributed by atoms with Crippen LogP contribution in [0, 0.1) is 0 Å². The summed E-state index contributed by atoms with van der Waals surface area (Å²) in [7, 11) is 0.